The number of allylic oxidation sites excluding steroid dienone is 1. The Hall–Kier alpha value is -0.340. The molecule has 0 spiro atoms. The highest BCUT2D eigenvalue weighted by atomic mass is 16.3. The molecule has 142 valence electrons. The van der Waals surface area contributed by atoms with Crippen LogP contribution >= 0.6 is 0 Å². The molecule has 2 heteroatoms. The first kappa shape index (κ1) is 18.0. The summed E-state index contributed by atoms with van der Waals surface area (Å²) in [5, 5.41) is 10.2. The second-order valence-corrected chi connectivity index (χ2v) is 10.6. The summed E-state index contributed by atoms with van der Waals surface area (Å²) in [7, 11) is 4.52. The zero-order valence-electron chi connectivity index (χ0n) is 17.1. The lowest BCUT2D eigenvalue weighted by Crippen LogP contribution is -2.52. The first-order chi connectivity index (χ1) is 11.8. The maximum Gasteiger partial charge on any atom is 0.0577 e. The Morgan fingerprint density at radius 3 is 2.56 bits per heavy atom. The Morgan fingerprint density at radius 1 is 1.08 bits per heavy atom. The molecule has 1 N–H and O–H groups in total. The van der Waals surface area contributed by atoms with Gasteiger partial charge in [0.25, 0.3) is 0 Å². The van der Waals surface area contributed by atoms with Gasteiger partial charge < -0.3 is 10.0 Å². The fraction of sp³-hybridized carbons (Fsp3) is 0.913. The van der Waals surface area contributed by atoms with E-state index in [1.54, 1.807) is 5.57 Å². The third kappa shape index (κ3) is 2.57. The second kappa shape index (κ2) is 6.09. The summed E-state index contributed by atoms with van der Waals surface area (Å²) < 4.78 is 0. The monoisotopic (exact) mass is 345 g/mol. The molecule has 4 aliphatic carbocycles. The Morgan fingerprint density at radius 2 is 1.84 bits per heavy atom. The first-order valence-corrected chi connectivity index (χ1v) is 10.8. The fourth-order valence-corrected chi connectivity index (χ4v) is 7.83. The highest BCUT2D eigenvalue weighted by Crippen LogP contribution is 2.66. The summed E-state index contributed by atoms with van der Waals surface area (Å²) in [5.41, 5.74) is 2.53. The minimum Gasteiger partial charge on any atom is -0.393 e. The number of hydrogen-bond acceptors (Lipinski definition) is 2. The molecule has 2 unspecified atom stereocenters. The van der Waals surface area contributed by atoms with Crippen molar-refractivity contribution < 1.29 is 5.11 Å². The van der Waals surface area contributed by atoms with E-state index in [9.17, 15) is 5.11 Å². The van der Waals surface area contributed by atoms with Crippen LogP contribution in [0.15, 0.2) is 11.6 Å². The van der Waals surface area contributed by atoms with Crippen molar-refractivity contribution in [1.82, 2.24) is 4.90 Å². The third-order valence-corrected chi connectivity index (χ3v) is 9.55. The normalized spacial score (nSPS) is 50.7. The van der Waals surface area contributed by atoms with Crippen LogP contribution in [-0.4, -0.2) is 36.2 Å². The molecule has 0 amide bonds. The van der Waals surface area contributed by atoms with Gasteiger partial charge in [-0.1, -0.05) is 25.5 Å². The molecule has 0 aromatic carbocycles. The molecular formula is C23H39NO. The van der Waals surface area contributed by atoms with Crippen molar-refractivity contribution in [2.24, 2.45) is 34.5 Å². The van der Waals surface area contributed by atoms with E-state index >= 15 is 0 Å². The number of aliphatic hydroxyl groups excluding tert-OH is 1. The van der Waals surface area contributed by atoms with Crippen molar-refractivity contribution in [3.63, 3.8) is 0 Å². The van der Waals surface area contributed by atoms with Gasteiger partial charge in [-0.3, -0.25) is 0 Å². The highest BCUT2D eigenvalue weighted by molar-refractivity contribution is 5.25. The number of hydrogen-bond donors (Lipinski definition) is 1. The zero-order valence-corrected chi connectivity index (χ0v) is 17.1. The van der Waals surface area contributed by atoms with Crippen LogP contribution in [0.5, 0.6) is 0 Å². The molecule has 0 radical (unpaired) electrons. The van der Waals surface area contributed by atoms with E-state index in [0.717, 1.165) is 36.5 Å². The van der Waals surface area contributed by atoms with Gasteiger partial charge >= 0.3 is 0 Å². The van der Waals surface area contributed by atoms with Crippen LogP contribution < -0.4 is 0 Å². The van der Waals surface area contributed by atoms with Crippen LogP contribution in [-0.2, 0) is 0 Å². The average Bonchev–Trinajstić information content (AvgIpc) is 2.92. The van der Waals surface area contributed by atoms with E-state index in [1.807, 2.05) is 0 Å². The number of fused-ring (bicyclic) bond motifs is 5. The minimum absolute atomic E-state index is 0.0819. The molecule has 0 saturated heterocycles. The van der Waals surface area contributed by atoms with Crippen molar-refractivity contribution in [3.05, 3.63) is 11.6 Å². The van der Waals surface area contributed by atoms with E-state index in [0.29, 0.717) is 16.9 Å². The van der Waals surface area contributed by atoms with Crippen LogP contribution in [0.1, 0.15) is 72.1 Å². The summed E-state index contributed by atoms with van der Waals surface area (Å²) >= 11 is 0. The maximum absolute atomic E-state index is 10.2. The molecule has 2 nitrogen and oxygen atoms in total. The van der Waals surface area contributed by atoms with Gasteiger partial charge in [0.15, 0.2) is 0 Å². The van der Waals surface area contributed by atoms with Crippen LogP contribution in [0, 0.1) is 34.5 Å². The summed E-state index contributed by atoms with van der Waals surface area (Å²) in [6.45, 7) is 7.63. The summed E-state index contributed by atoms with van der Waals surface area (Å²) in [6.07, 6.45) is 12.7. The summed E-state index contributed by atoms with van der Waals surface area (Å²) in [6, 6.07) is 0.696. The molecule has 3 saturated carbocycles. The van der Waals surface area contributed by atoms with Gasteiger partial charge in [-0.15, -0.1) is 0 Å². The molecule has 0 aromatic rings. The van der Waals surface area contributed by atoms with Gasteiger partial charge in [0.2, 0.25) is 0 Å². The third-order valence-electron chi connectivity index (χ3n) is 9.55. The van der Waals surface area contributed by atoms with E-state index in [-0.39, 0.29) is 6.10 Å². The summed E-state index contributed by atoms with van der Waals surface area (Å²) in [5.74, 6) is 3.54. The molecule has 25 heavy (non-hydrogen) atoms. The van der Waals surface area contributed by atoms with E-state index < -0.39 is 0 Å². The minimum atomic E-state index is -0.0819. The molecule has 0 bridgehead atoms. The first-order valence-electron chi connectivity index (χ1n) is 10.8. The predicted molar refractivity (Wildman–Crippen MR) is 104 cm³/mol. The van der Waals surface area contributed by atoms with E-state index in [4.69, 9.17) is 0 Å². The fourth-order valence-electron chi connectivity index (χ4n) is 7.83. The van der Waals surface area contributed by atoms with Gasteiger partial charge in [0.05, 0.1) is 6.10 Å². The van der Waals surface area contributed by atoms with Gasteiger partial charge in [-0.25, -0.2) is 0 Å². The number of rotatable bonds is 2. The van der Waals surface area contributed by atoms with Crippen LogP contribution in [0.4, 0.5) is 0 Å². The van der Waals surface area contributed by atoms with Crippen molar-refractivity contribution in [2.45, 2.75) is 84.3 Å². The molecule has 4 rings (SSSR count). The molecule has 0 heterocycles. The lowest BCUT2D eigenvalue weighted by molar-refractivity contribution is -0.0586. The van der Waals surface area contributed by atoms with Crippen LogP contribution in [0.3, 0.4) is 0 Å². The Kier molecular flexibility index (Phi) is 4.40. The van der Waals surface area contributed by atoms with Crippen molar-refractivity contribution in [3.8, 4) is 0 Å². The van der Waals surface area contributed by atoms with Crippen LogP contribution in [0.2, 0.25) is 0 Å². The molecule has 3 fully saturated rings. The van der Waals surface area contributed by atoms with Crippen LogP contribution in [0.25, 0.3) is 0 Å². The Bertz CT molecular complexity index is 554. The standard InChI is InChI=1S/C23H39NO/c1-15(24(4)5)19-8-9-20-18-7-6-16-14-17(25)10-12-22(16,2)21(18)11-13-23(19,20)3/h6,15,17-21,25H,7-14H2,1-5H3/t15?,17?,18-,19+,20-,21-,22-,23+/m0/s1. The van der Waals surface area contributed by atoms with Crippen molar-refractivity contribution in [1.29, 1.82) is 0 Å². The largest absolute Gasteiger partial charge is 0.393 e. The van der Waals surface area contributed by atoms with Gasteiger partial charge in [0, 0.05) is 6.04 Å². The Balaban J connectivity index is 1.62. The van der Waals surface area contributed by atoms with E-state index in [2.05, 4.69) is 45.8 Å². The molecular weight excluding hydrogens is 306 g/mol. The zero-order chi connectivity index (χ0) is 18.0. The van der Waals surface area contributed by atoms with Gasteiger partial charge in [-0.05, 0) is 107 Å². The lowest BCUT2D eigenvalue weighted by Gasteiger charge is -2.58. The highest BCUT2D eigenvalue weighted by Gasteiger charge is 2.59. The number of aliphatic hydroxyl groups is 1. The van der Waals surface area contributed by atoms with Crippen molar-refractivity contribution in [2.75, 3.05) is 14.1 Å². The second-order valence-electron chi connectivity index (χ2n) is 10.6. The predicted octanol–water partition coefficient (Wildman–Crippen LogP) is 4.88. The maximum atomic E-state index is 10.2. The SMILES string of the molecule is CC([C@H]1CC[C@H]2[C@@H]3CC=C4CC(O)CC[C@]4(C)[C@H]3CC[C@]12C)N(C)C. The smallest absolute Gasteiger partial charge is 0.0577 e. The number of nitrogens with zero attached hydrogens (tertiary/aromatic N) is 1. The van der Waals surface area contributed by atoms with Gasteiger partial charge in [-0.2, -0.15) is 0 Å². The lowest BCUT2D eigenvalue weighted by atomic mass is 9.47. The average molecular weight is 346 g/mol. The molecule has 0 aromatic heterocycles. The molecule has 8 atom stereocenters. The molecule has 4 aliphatic rings. The van der Waals surface area contributed by atoms with Gasteiger partial charge in [0.1, 0.15) is 0 Å². The summed E-state index contributed by atoms with van der Waals surface area (Å²) in [4.78, 5) is 2.45. The Labute approximate surface area is 155 Å². The molecule has 0 aliphatic heterocycles. The van der Waals surface area contributed by atoms with Crippen molar-refractivity contribution >= 4 is 0 Å². The topological polar surface area (TPSA) is 23.5 Å². The van der Waals surface area contributed by atoms with E-state index in [1.165, 1.54) is 38.5 Å². The quantitative estimate of drug-likeness (QED) is 0.721.